The molecule has 0 spiro atoms. The molecule has 2 aromatic rings. The lowest BCUT2D eigenvalue weighted by Gasteiger charge is -2.39. The Morgan fingerprint density at radius 2 is 1.76 bits per heavy atom. The number of hydrogen-bond donors (Lipinski definition) is 0. The summed E-state index contributed by atoms with van der Waals surface area (Å²) in [6.45, 7) is 3.42. The van der Waals surface area contributed by atoms with E-state index in [0.29, 0.717) is 25.3 Å². The maximum atomic E-state index is 12.9. The highest BCUT2D eigenvalue weighted by Crippen LogP contribution is 2.32. The normalized spacial score (nSPS) is 19.3. The summed E-state index contributed by atoms with van der Waals surface area (Å²) in [4.78, 5) is 16.2. The lowest BCUT2D eigenvalue weighted by molar-refractivity contribution is -0.137. The Labute approximate surface area is 144 Å². The van der Waals surface area contributed by atoms with Gasteiger partial charge in [0.15, 0.2) is 0 Å². The van der Waals surface area contributed by atoms with Crippen molar-refractivity contribution < 1.29 is 18.0 Å². The van der Waals surface area contributed by atoms with Gasteiger partial charge in [-0.25, -0.2) is 0 Å². The van der Waals surface area contributed by atoms with Crippen molar-refractivity contribution in [2.75, 3.05) is 18.0 Å². The summed E-state index contributed by atoms with van der Waals surface area (Å²) in [7, 11) is 0. The minimum absolute atomic E-state index is 0.179. The average Bonchev–Trinajstić information content (AvgIpc) is 2.59. The largest absolute Gasteiger partial charge is 0.416 e. The Bertz CT molecular complexity index is 746. The van der Waals surface area contributed by atoms with Gasteiger partial charge in [-0.2, -0.15) is 13.2 Å². The third-order valence-corrected chi connectivity index (χ3v) is 4.50. The van der Waals surface area contributed by atoms with Crippen molar-refractivity contribution in [2.24, 2.45) is 0 Å². The topological polar surface area (TPSA) is 23.6 Å². The van der Waals surface area contributed by atoms with Crippen molar-refractivity contribution in [1.82, 2.24) is 4.90 Å². The van der Waals surface area contributed by atoms with E-state index in [1.165, 1.54) is 11.0 Å². The van der Waals surface area contributed by atoms with Crippen LogP contribution in [0.2, 0.25) is 0 Å². The van der Waals surface area contributed by atoms with E-state index in [2.05, 4.69) is 0 Å². The van der Waals surface area contributed by atoms with E-state index in [0.717, 1.165) is 17.7 Å². The van der Waals surface area contributed by atoms with Crippen LogP contribution in [-0.4, -0.2) is 29.9 Å². The number of alkyl halides is 3. The zero-order valence-corrected chi connectivity index (χ0v) is 13.8. The molecule has 2 aromatic carbocycles. The molecule has 1 aliphatic heterocycles. The Morgan fingerprint density at radius 1 is 1.04 bits per heavy atom. The van der Waals surface area contributed by atoms with Crippen LogP contribution in [0.15, 0.2) is 54.6 Å². The number of rotatable bonds is 3. The van der Waals surface area contributed by atoms with Gasteiger partial charge in [-0.05, 0) is 30.7 Å². The van der Waals surface area contributed by atoms with Crippen LogP contribution in [0, 0.1) is 0 Å². The summed E-state index contributed by atoms with van der Waals surface area (Å²) < 4.78 is 38.7. The Kier molecular flexibility index (Phi) is 4.81. The quantitative estimate of drug-likeness (QED) is 0.839. The second kappa shape index (κ2) is 6.88. The first-order valence-corrected chi connectivity index (χ1v) is 8.13. The van der Waals surface area contributed by atoms with Crippen LogP contribution in [0.4, 0.5) is 18.9 Å². The summed E-state index contributed by atoms with van der Waals surface area (Å²) in [5.41, 5.74) is 0.665. The number of hydrogen-bond acceptors (Lipinski definition) is 2. The average molecular weight is 348 g/mol. The zero-order valence-electron chi connectivity index (χ0n) is 13.8. The number of carbonyl (C=O) groups is 1. The molecule has 0 radical (unpaired) electrons. The van der Waals surface area contributed by atoms with E-state index in [-0.39, 0.29) is 11.9 Å². The van der Waals surface area contributed by atoms with Crippen molar-refractivity contribution in [1.29, 1.82) is 0 Å². The lowest BCUT2D eigenvalue weighted by Crippen LogP contribution is -2.55. The van der Waals surface area contributed by atoms with Crippen molar-refractivity contribution in [3.05, 3.63) is 65.7 Å². The number of piperazine rings is 1. The van der Waals surface area contributed by atoms with Gasteiger partial charge < -0.3 is 4.90 Å². The Hall–Kier alpha value is -2.34. The highest BCUT2D eigenvalue weighted by atomic mass is 19.4. The minimum Gasteiger partial charge on any atom is -0.310 e. The van der Waals surface area contributed by atoms with E-state index in [1.54, 1.807) is 13.0 Å². The third kappa shape index (κ3) is 3.85. The molecule has 3 nitrogen and oxygen atoms in total. The molecule has 1 aliphatic rings. The van der Waals surface area contributed by atoms with Crippen LogP contribution in [0.3, 0.4) is 0 Å². The standard InChI is InChI=1S/C19H19F3N2O/c1-14-18(25)24(17-9-5-8-16(12-17)19(20,21)22)11-10-23(14)13-15-6-3-2-4-7-15/h2-9,12,14H,10-11,13H2,1H3. The summed E-state index contributed by atoms with van der Waals surface area (Å²) in [5, 5.41) is 0. The van der Waals surface area contributed by atoms with Crippen molar-refractivity contribution in [2.45, 2.75) is 25.7 Å². The van der Waals surface area contributed by atoms with Crippen molar-refractivity contribution in [3.63, 3.8) is 0 Å². The van der Waals surface area contributed by atoms with Gasteiger partial charge in [0.25, 0.3) is 0 Å². The number of nitrogens with zero attached hydrogens (tertiary/aromatic N) is 2. The fourth-order valence-electron chi connectivity index (χ4n) is 3.05. The molecule has 1 unspecified atom stereocenters. The molecule has 0 saturated carbocycles. The molecule has 1 saturated heterocycles. The van der Waals surface area contributed by atoms with Crippen LogP contribution in [0.1, 0.15) is 18.1 Å². The fraction of sp³-hybridized carbons (Fsp3) is 0.316. The molecular weight excluding hydrogens is 329 g/mol. The molecule has 1 heterocycles. The van der Waals surface area contributed by atoms with Gasteiger partial charge in [-0.3, -0.25) is 9.69 Å². The van der Waals surface area contributed by atoms with Gasteiger partial charge in [0.1, 0.15) is 0 Å². The summed E-state index contributed by atoms with van der Waals surface area (Å²) >= 11 is 0. The second-order valence-corrected chi connectivity index (χ2v) is 6.17. The van der Waals surface area contributed by atoms with Gasteiger partial charge in [0.2, 0.25) is 5.91 Å². The van der Waals surface area contributed by atoms with Crippen LogP contribution < -0.4 is 4.90 Å². The Balaban J connectivity index is 1.76. The molecule has 0 aromatic heterocycles. The molecule has 3 rings (SSSR count). The second-order valence-electron chi connectivity index (χ2n) is 6.17. The first-order chi connectivity index (χ1) is 11.9. The monoisotopic (exact) mass is 348 g/mol. The smallest absolute Gasteiger partial charge is 0.310 e. The van der Waals surface area contributed by atoms with Gasteiger partial charge >= 0.3 is 6.18 Å². The highest BCUT2D eigenvalue weighted by Gasteiger charge is 2.34. The molecule has 25 heavy (non-hydrogen) atoms. The maximum absolute atomic E-state index is 12.9. The first kappa shape index (κ1) is 17.5. The van der Waals surface area contributed by atoms with E-state index in [4.69, 9.17) is 0 Å². The number of anilines is 1. The number of carbonyl (C=O) groups excluding carboxylic acids is 1. The molecule has 1 atom stereocenters. The van der Waals surface area contributed by atoms with Crippen LogP contribution in [0.5, 0.6) is 0 Å². The van der Waals surface area contributed by atoms with Gasteiger partial charge in [0.05, 0.1) is 11.6 Å². The fourth-order valence-corrected chi connectivity index (χ4v) is 3.05. The highest BCUT2D eigenvalue weighted by molar-refractivity contribution is 5.97. The molecule has 6 heteroatoms. The molecule has 0 bridgehead atoms. The van der Waals surface area contributed by atoms with Gasteiger partial charge in [0, 0.05) is 25.3 Å². The summed E-state index contributed by atoms with van der Waals surface area (Å²) in [6, 6.07) is 14.4. The van der Waals surface area contributed by atoms with Crippen molar-refractivity contribution >= 4 is 11.6 Å². The maximum Gasteiger partial charge on any atom is 0.416 e. The predicted octanol–water partition coefficient (Wildman–Crippen LogP) is 3.94. The minimum atomic E-state index is -4.42. The first-order valence-electron chi connectivity index (χ1n) is 8.13. The molecule has 1 amide bonds. The van der Waals surface area contributed by atoms with Crippen LogP contribution in [-0.2, 0) is 17.5 Å². The lowest BCUT2D eigenvalue weighted by atomic mass is 10.1. The molecule has 132 valence electrons. The van der Waals surface area contributed by atoms with Crippen LogP contribution in [0.25, 0.3) is 0 Å². The SMILES string of the molecule is CC1C(=O)N(c2cccc(C(F)(F)F)c2)CCN1Cc1ccccc1. The van der Waals surface area contributed by atoms with E-state index in [1.807, 2.05) is 35.2 Å². The summed E-state index contributed by atoms with van der Waals surface area (Å²) in [6.07, 6.45) is -4.42. The zero-order chi connectivity index (χ0) is 18.0. The molecule has 0 N–H and O–H groups in total. The van der Waals surface area contributed by atoms with E-state index < -0.39 is 11.7 Å². The van der Waals surface area contributed by atoms with Gasteiger partial charge in [-0.15, -0.1) is 0 Å². The van der Waals surface area contributed by atoms with E-state index in [9.17, 15) is 18.0 Å². The number of amides is 1. The number of benzene rings is 2. The molecule has 0 aliphatic carbocycles. The number of halogens is 3. The predicted molar refractivity (Wildman–Crippen MR) is 90.1 cm³/mol. The summed E-state index contributed by atoms with van der Waals surface area (Å²) in [5.74, 6) is -0.179. The molecular formula is C19H19F3N2O. The Morgan fingerprint density at radius 3 is 2.44 bits per heavy atom. The third-order valence-electron chi connectivity index (χ3n) is 4.50. The van der Waals surface area contributed by atoms with Crippen LogP contribution >= 0.6 is 0 Å². The van der Waals surface area contributed by atoms with Gasteiger partial charge in [-0.1, -0.05) is 36.4 Å². The molecule has 1 fully saturated rings. The van der Waals surface area contributed by atoms with E-state index >= 15 is 0 Å². The van der Waals surface area contributed by atoms with Crippen molar-refractivity contribution in [3.8, 4) is 0 Å².